The highest BCUT2D eigenvalue weighted by Gasteiger charge is 2.29. The number of rotatable bonds is 8. The first-order valence-electron chi connectivity index (χ1n) is 8.55. The Hall–Kier alpha value is -2.53. The van der Waals surface area contributed by atoms with E-state index in [0.717, 1.165) is 37.4 Å². The van der Waals surface area contributed by atoms with Crippen LogP contribution in [0.25, 0.3) is 0 Å². The van der Waals surface area contributed by atoms with Crippen LogP contribution in [0, 0.1) is 0 Å². The quantitative estimate of drug-likeness (QED) is 0.800. The van der Waals surface area contributed by atoms with Crippen LogP contribution in [0.5, 0.6) is 11.5 Å². The van der Waals surface area contributed by atoms with Gasteiger partial charge in [0.15, 0.2) is 6.61 Å². The van der Waals surface area contributed by atoms with Gasteiger partial charge < -0.3 is 14.6 Å². The molecule has 0 atom stereocenters. The van der Waals surface area contributed by atoms with Crippen LogP contribution < -0.4 is 9.47 Å². The minimum absolute atomic E-state index is 0.194. The van der Waals surface area contributed by atoms with Gasteiger partial charge in [-0.05, 0) is 24.1 Å². The average Bonchev–Trinajstić information content (AvgIpc) is 2.59. The zero-order valence-corrected chi connectivity index (χ0v) is 14.4. The van der Waals surface area contributed by atoms with E-state index in [1.165, 1.54) is 5.56 Å². The minimum Gasteiger partial charge on any atom is -0.487 e. The molecule has 1 aliphatic rings. The van der Waals surface area contributed by atoms with Gasteiger partial charge in [0, 0.05) is 25.2 Å². The molecule has 0 spiro atoms. The number of nitrogens with zero attached hydrogens (tertiary/aromatic N) is 1. The van der Waals surface area contributed by atoms with Gasteiger partial charge in [-0.15, -0.1) is 0 Å². The number of carboxylic acid groups (broad SMARTS) is 1. The molecule has 5 heteroatoms. The summed E-state index contributed by atoms with van der Waals surface area (Å²) in [5.41, 5.74) is 2.23. The fourth-order valence-corrected chi connectivity index (χ4v) is 2.97. The summed E-state index contributed by atoms with van der Waals surface area (Å²) < 4.78 is 11.5. The maximum Gasteiger partial charge on any atom is 0.341 e. The summed E-state index contributed by atoms with van der Waals surface area (Å²) >= 11 is 0. The highest BCUT2D eigenvalue weighted by Crippen LogP contribution is 2.26. The third-order valence-electron chi connectivity index (χ3n) is 4.29. The molecule has 1 saturated heterocycles. The largest absolute Gasteiger partial charge is 0.487 e. The third-order valence-corrected chi connectivity index (χ3v) is 4.29. The van der Waals surface area contributed by atoms with Crippen molar-refractivity contribution in [3.8, 4) is 11.5 Å². The van der Waals surface area contributed by atoms with Crippen LogP contribution in [0.15, 0.2) is 48.5 Å². The van der Waals surface area contributed by atoms with Crippen molar-refractivity contribution in [2.45, 2.75) is 26.0 Å². The van der Waals surface area contributed by atoms with Gasteiger partial charge in [0.1, 0.15) is 17.6 Å². The van der Waals surface area contributed by atoms with Crippen LogP contribution in [-0.2, 0) is 17.8 Å². The van der Waals surface area contributed by atoms with Crippen molar-refractivity contribution < 1.29 is 19.4 Å². The Morgan fingerprint density at radius 2 is 1.72 bits per heavy atom. The molecule has 0 aliphatic carbocycles. The maximum atomic E-state index is 10.7. The Labute approximate surface area is 147 Å². The molecule has 3 rings (SSSR count). The lowest BCUT2D eigenvalue weighted by atomic mass is 10.1. The van der Waals surface area contributed by atoms with Crippen molar-refractivity contribution >= 4 is 5.97 Å². The normalized spacial score (nSPS) is 14.8. The molecule has 1 N–H and O–H groups in total. The minimum atomic E-state index is -0.971. The first-order chi connectivity index (χ1) is 12.2. The van der Waals surface area contributed by atoms with E-state index in [9.17, 15) is 4.79 Å². The van der Waals surface area contributed by atoms with E-state index in [-0.39, 0.29) is 12.7 Å². The molecule has 132 valence electrons. The molecule has 0 radical (unpaired) electrons. The Bertz CT molecular complexity index is 725. The molecule has 2 aromatic carbocycles. The predicted molar refractivity (Wildman–Crippen MR) is 95.1 cm³/mol. The van der Waals surface area contributed by atoms with Crippen molar-refractivity contribution in [1.82, 2.24) is 4.90 Å². The monoisotopic (exact) mass is 341 g/mol. The zero-order chi connectivity index (χ0) is 17.6. The number of aryl methyl sites for hydroxylation is 1. The summed E-state index contributed by atoms with van der Waals surface area (Å²) in [6.45, 7) is 4.24. The van der Waals surface area contributed by atoms with E-state index < -0.39 is 5.97 Å². The van der Waals surface area contributed by atoms with Gasteiger partial charge >= 0.3 is 5.97 Å². The highest BCUT2D eigenvalue weighted by molar-refractivity contribution is 5.68. The van der Waals surface area contributed by atoms with Crippen LogP contribution in [-0.4, -0.2) is 41.8 Å². The second kappa shape index (κ2) is 8.03. The second-order valence-electron chi connectivity index (χ2n) is 6.19. The molecule has 25 heavy (non-hydrogen) atoms. The summed E-state index contributed by atoms with van der Waals surface area (Å²) in [7, 11) is 0. The van der Waals surface area contributed by atoms with Crippen LogP contribution in [0.1, 0.15) is 18.1 Å². The molecule has 0 saturated carbocycles. The molecular weight excluding hydrogens is 318 g/mol. The summed E-state index contributed by atoms with van der Waals surface area (Å²) in [4.78, 5) is 13.0. The number of hydrogen-bond donors (Lipinski definition) is 1. The van der Waals surface area contributed by atoms with Gasteiger partial charge in [0.25, 0.3) is 0 Å². The highest BCUT2D eigenvalue weighted by atomic mass is 16.5. The van der Waals surface area contributed by atoms with Crippen LogP contribution in [0.2, 0.25) is 0 Å². The molecule has 1 fully saturated rings. The number of hydrogen-bond acceptors (Lipinski definition) is 4. The number of ether oxygens (including phenoxy) is 2. The second-order valence-corrected chi connectivity index (χ2v) is 6.19. The van der Waals surface area contributed by atoms with Crippen LogP contribution in [0.4, 0.5) is 0 Å². The predicted octanol–water partition coefficient (Wildman–Crippen LogP) is 2.98. The Balaban J connectivity index is 1.53. The number of carboxylic acids is 1. The molecule has 0 aromatic heterocycles. The maximum absolute atomic E-state index is 10.7. The lowest BCUT2D eigenvalue weighted by molar-refractivity contribution is -0.139. The topological polar surface area (TPSA) is 59.0 Å². The summed E-state index contributed by atoms with van der Waals surface area (Å²) in [5, 5.41) is 8.77. The molecular formula is C20H23NO4. The Morgan fingerprint density at radius 3 is 2.40 bits per heavy atom. The van der Waals surface area contributed by atoms with E-state index in [0.29, 0.717) is 5.75 Å². The van der Waals surface area contributed by atoms with Gasteiger partial charge in [-0.2, -0.15) is 0 Å². The third kappa shape index (κ3) is 4.51. The van der Waals surface area contributed by atoms with E-state index in [4.69, 9.17) is 14.6 Å². The van der Waals surface area contributed by atoms with Crippen molar-refractivity contribution in [1.29, 1.82) is 0 Å². The smallest absolute Gasteiger partial charge is 0.341 e. The molecule has 0 amide bonds. The Kier molecular flexibility index (Phi) is 5.56. The van der Waals surface area contributed by atoms with Crippen molar-refractivity contribution in [3.63, 3.8) is 0 Å². The van der Waals surface area contributed by atoms with E-state index >= 15 is 0 Å². The number of likely N-dealkylation sites (tertiary alicyclic amines) is 1. The fourth-order valence-electron chi connectivity index (χ4n) is 2.97. The number of para-hydroxylation sites is 2. The zero-order valence-electron chi connectivity index (χ0n) is 14.4. The number of benzene rings is 2. The van der Waals surface area contributed by atoms with Crippen molar-refractivity contribution in [3.05, 3.63) is 59.7 Å². The van der Waals surface area contributed by atoms with Gasteiger partial charge in [-0.1, -0.05) is 43.3 Å². The number of carbonyl (C=O) groups is 1. The van der Waals surface area contributed by atoms with E-state index in [1.54, 1.807) is 0 Å². The summed E-state index contributed by atoms with van der Waals surface area (Å²) in [6.07, 6.45) is 1.15. The molecule has 1 heterocycles. The fraction of sp³-hybridized carbons (Fsp3) is 0.350. The van der Waals surface area contributed by atoms with Gasteiger partial charge in [0.05, 0.1) is 0 Å². The van der Waals surface area contributed by atoms with E-state index in [1.807, 2.05) is 42.5 Å². The molecule has 5 nitrogen and oxygen atoms in total. The molecule has 0 bridgehead atoms. The van der Waals surface area contributed by atoms with E-state index in [2.05, 4.69) is 17.9 Å². The molecule has 2 aromatic rings. The first kappa shape index (κ1) is 17.3. The summed E-state index contributed by atoms with van der Waals surface area (Å²) in [6, 6.07) is 15.7. The SMILES string of the molecule is CCc1ccccc1OC1CN(Cc2ccccc2OCC(=O)O)C1. The molecule has 0 unspecified atom stereocenters. The average molecular weight is 341 g/mol. The lowest BCUT2D eigenvalue weighted by Crippen LogP contribution is -2.53. The van der Waals surface area contributed by atoms with Gasteiger partial charge in [-0.3, -0.25) is 4.90 Å². The van der Waals surface area contributed by atoms with Crippen molar-refractivity contribution in [2.75, 3.05) is 19.7 Å². The lowest BCUT2D eigenvalue weighted by Gasteiger charge is -2.39. The van der Waals surface area contributed by atoms with Crippen molar-refractivity contribution in [2.24, 2.45) is 0 Å². The van der Waals surface area contributed by atoms with Crippen LogP contribution >= 0.6 is 0 Å². The van der Waals surface area contributed by atoms with Gasteiger partial charge in [0.2, 0.25) is 0 Å². The molecule has 1 aliphatic heterocycles. The Morgan fingerprint density at radius 1 is 1.08 bits per heavy atom. The standard InChI is InChI=1S/C20H23NO4/c1-2-15-7-3-6-10-19(15)25-17-12-21(13-17)11-16-8-4-5-9-18(16)24-14-20(22)23/h3-10,17H,2,11-14H2,1H3,(H,22,23). The summed E-state index contributed by atoms with van der Waals surface area (Å²) in [5.74, 6) is 0.632. The number of aliphatic carboxylic acids is 1. The van der Waals surface area contributed by atoms with Gasteiger partial charge in [-0.25, -0.2) is 4.79 Å². The van der Waals surface area contributed by atoms with Crippen LogP contribution in [0.3, 0.4) is 0 Å². The first-order valence-corrected chi connectivity index (χ1v) is 8.55.